The van der Waals surface area contributed by atoms with E-state index in [-0.39, 0.29) is 5.41 Å². The SMILES string of the molecule is CNC1CCC(C)(c2ccc(C(F)(F)F)cc2)C1. The maximum absolute atomic E-state index is 12.5. The first kappa shape index (κ1) is 13.4. The van der Waals surface area contributed by atoms with Crippen molar-refractivity contribution >= 4 is 0 Å². The summed E-state index contributed by atoms with van der Waals surface area (Å²) >= 11 is 0. The molecule has 1 aliphatic carbocycles. The van der Waals surface area contributed by atoms with Crippen molar-refractivity contribution < 1.29 is 13.2 Å². The molecule has 1 aliphatic rings. The lowest BCUT2D eigenvalue weighted by atomic mass is 9.80. The van der Waals surface area contributed by atoms with E-state index in [4.69, 9.17) is 0 Å². The molecule has 18 heavy (non-hydrogen) atoms. The standard InChI is InChI=1S/C14H18F3N/c1-13(8-7-12(9-13)18-2)10-3-5-11(6-4-10)14(15,16)17/h3-6,12,18H,7-9H2,1-2H3. The van der Waals surface area contributed by atoms with Crippen LogP contribution in [-0.4, -0.2) is 13.1 Å². The molecule has 1 aromatic rings. The third-order valence-electron chi connectivity index (χ3n) is 4.06. The van der Waals surface area contributed by atoms with Crippen LogP contribution in [0.2, 0.25) is 0 Å². The van der Waals surface area contributed by atoms with E-state index in [1.807, 2.05) is 7.05 Å². The summed E-state index contributed by atoms with van der Waals surface area (Å²) in [6.07, 6.45) is -1.17. The van der Waals surface area contributed by atoms with Crippen LogP contribution in [0, 0.1) is 0 Å². The van der Waals surface area contributed by atoms with Gasteiger partial charge in [-0.1, -0.05) is 19.1 Å². The van der Waals surface area contributed by atoms with Crippen LogP contribution in [0.1, 0.15) is 37.3 Å². The third-order valence-corrected chi connectivity index (χ3v) is 4.06. The van der Waals surface area contributed by atoms with Gasteiger partial charge in [-0.25, -0.2) is 0 Å². The topological polar surface area (TPSA) is 12.0 Å². The minimum atomic E-state index is -4.25. The van der Waals surface area contributed by atoms with Gasteiger partial charge >= 0.3 is 6.18 Å². The first-order valence-electron chi connectivity index (χ1n) is 6.20. The Morgan fingerprint density at radius 2 is 1.83 bits per heavy atom. The van der Waals surface area contributed by atoms with Crippen LogP contribution in [0.5, 0.6) is 0 Å². The Morgan fingerprint density at radius 1 is 1.22 bits per heavy atom. The van der Waals surface area contributed by atoms with E-state index in [1.54, 1.807) is 12.1 Å². The summed E-state index contributed by atoms with van der Waals surface area (Å²) in [5.41, 5.74) is 0.434. The van der Waals surface area contributed by atoms with Gasteiger partial charge < -0.3 is 5.32 Å². The molecule has 2 rings (SSSR count). The zero-order valence-corrected chi connectivity index (χ0v) is 10.6. The van der Waals surface area contributed by atoms with Crippen molar-refractivity contribution in [2.45, 2.75) is 43.8 Å². The number of rotatable bonds is 2. The van der Waals surface area contributed by atoms with Crippen LogP contribution in [0.15, 0.2) is 24.3 Å². The Hall–Kier alpha value is -1.03. The first-order chi connectivity index (χ1) is 8.35. The number of hydrogen-bond acceptors (Lipinski definition) is 1. The summed E-state index contributed by atoms with van der Waals surface area (Å²) in [6, 6.07) is 6.10. The summed E-state index contributed by atoms with van der Waals surface area (Å²) in [5, 5.41) is 3.24. The monoisotopic (exact) mass is 257 g/mol. The summed E-state index contributed by atoms with van der Waals surface area (Å²) in [4.78, 5) is 0. The molecule has 1 saturated carbocycles. The van der Waals surface area contributed by atoms with Gasteiger partial charge in [0, 0.05) is 6.04 Å². The molecule has 2 unspecified atom stereocenters. The maximum Gasteiger partial charge on any atom is 0.416 e. The largest absolute Gasteiger partial charge is 0.416 e. The van der Waals surface area contributed by atoms with Crippen molar-refractivity contribution in [2.75, 3.05) is 7.05 Å². The van der Waals surface area contributed by atoms with Crippen LogP contribution in [0.25, 0.3) is 0 Å². The van der Waals surface area contributed by atoms with E-state index in [1.165, 1.54) is 12.1 Å². The number of halogens is 3. The lowest BCUT2D eigenvalue weighted by Crippen LogP contribution is -2.25. The van der Waals surface area contributed by atoms with Crippen LogP contribution in [-0.2, 0) is 11.6 Å². The molecule has 1 nitrogen and oxygen atoms in total. The average Bonchev–Trinajstić information content (AvgIpc) is 2.72. The molecule has 2 atom stereocenters. The van der Waals surface area contributed by atoms with E-state index < -0.39 is 11.7 Å². The number of alkyl halides is 3. The summed E-state index contributed by atoms with van der Waals surface area (Å²) in [5.74, 6) is 0. The molecule has 1 N–H and O–H groups in total. The molecule has 1 aromatic carbocycles. The van der Waals surface area contributed by atoms with Gasteiger partial charge in [0.2, 0.25) is 0 Å². The predicted molar refractivity (Wildman–Crippen MR) is 65.5 cm³/mol. The highest BCUT2D eigenvalue weighted by Crippen LogP contribution is 2.41. The van der Waals surface area contributed by atoms with Crippen LogP contribution in [0.3, 0.4) is 0 Å². The smallest absolute Gasteiger partial charge is 0.317 e. The lowest BCUT2D eigenvalue weighted by Gasteiger charge is -2.25. The van der Waals surface area contributed by atoms with Crippen molar-refractivity contribution in [3.63, 3.8) is 0 Å². The summed E-state index contributed by atoms with van der Waals surface area (Å²) in [6.45, 7) is 2.13. The van der Waals surface area contributed by atoms with Crippen molar-refractivity contribution in [3.05, 3.63) is 35.4 Å². The van der Waals surface area contributed by atoms with E-state index in [0.29, 0.717) is 6.04 Å². The Bertz CT molecular complexity index is 410. The van der Waals surface area contributed by atoms with Crippen LogP contribution >= 0.6 is 0 Å². The molecule has 0 aliphatic heterocycles. The molecule has 0 bridgehead atoms. The molecule has 0 radical (unpaired) electrons. The van der Waals surface area contributed by atoms with Crippen LogP contribution in [0.4, 0.5) is 13.2 Å². The number of hydrogen-bond donors (Lipinski definition) is 1. The van der Waals surface area contributed by atoms with Crippen LogP contribution < -0.4 is 5.32 Å². The second kappa shape index (κ2) is 4.57. The predicted octanol–water partition coefficient (Wildman–Crippen LogP) is 3.74. The lowest BCUT2D eigenvalue weighted by molar-refractivity contribution is -0.137. The fourth-order valence-corrected chi connectivity index (χ4v) is 2.81. The molecule has 100 valence electrons. The highest BCUT2D eigenvalue weighted by atomic mass is 19.4. The molecule has 0 heterocycles. The number of nitrogens with one attached hydrogen (secondary N) is 1. The van der Waals surface area contributed by atoms with Crippen molar-refractivity contribution in [2.24, 2.45) is 0 Å². The van der Waals surface area contributed by atoms with E-state index in [9.17, 15) is 13.2 Å². The molecular weight excluding hydrogens is 239 g/mol. The molecule has 0 aromatic heterocycles. The van der Waals surface area contributed by atoms with Crippen molar-refractivity contribution in [3.8, 4) is 0 Å². The quantitative estimate of drug-likeness (QED) is 0.851. The molecular formula is C14H18F3N. The second-order valence-electron chi connectivity index (χ2n) is 5.36. The molecule has 0 amide bonds. The minimum Gasteiger partial charge on any atom is -0.317 e. The van der Waals surface area contributed by atoms with E-state index >= 15 is 0 Å². The van der Waals surface area contributed by atoms with Crippen molar-refractivity contribution in [1.82, 2.24) is 5.32 Å². The van der Waals surface area contributed by atoms with E-state index in [0.717, 1.165) is 24.8 Å². The highest BCUT2D eigenvalue weighted by molar-refractivity contribution is 5.31. The maximum atomic E-state index is 12.5. The Balaban J connectivity index is 2.20. The Kier molecular flexibility index (Phi) is 3.41. The minimum absolute atomic E-state index is 0.00218. The zero-order chi connectivity index (χ0) is 13.4. The fourth-order valence-electron chi connectivity index (χ4n) is 2.81. The van der Waals surface area contributed by atoms with Crippen molar-refractivity contribution in [1.29, 1.82) is 0 Å². The Morgan fingerprint density at radius 3 is 2.28 bits per heavy atom. The Labute approximate surface area is 105 Å². The summed E-state index contributed by atoms with van der Waals surface area (Å²) in [7, 11) is 1.93. The van der Waals surface area contributed by atoms with Gasteiger partial charge in [0.25, 0.3) is 0 Å². The highest BCUT2D eigenvalue weighted by Gasteiger charge is 2.36. The van der Waals surface area contributed by atoms with Gasteiger partial charge in [-0.15, -0.1) is 0 Å². The second-order valence-corrected chi connectivity index (χ2v) is 5.36. The van der Waals surface area contributed by atoms with Gasteiger partial charge in [0.15, 0.2) is 0 Å². The zero-order valence-electron chi connectivity index (χ0n) is 10.6. The normalized spacial score (nSPS) is 28.6. The molecule has 0 spiro atoms. The third kappa shape index (κ3) is 2.53. The van der Waals surface area contributed by atoms with Gasteiger partial charge in [-0.3, -0.25) is 0 Å². The molecule has 1 fully saturated rings. The molecule has 0 saturated heterocycles. The first-order valence-corrected chi connectivity index (χ1v) is 6.20. The van der Waals surface area contributed by atoms with E-state index in [2.05, 4.69) is 12.2 Å². The molecule has 4 heteroatoms. The van der Waals surface area contributed by atoms with Gasteiger partial charge in [-0.05, 0) is 49.4 Å². The fraction of sp³-hybridized carbons (Fsp3) is 0.571. The number of benzene rings is 1. The average molecular weight is 257 g/mol. The van der Waals surface area contributed by atoms with Gasteiger partial charge in [0.1, 0.15) is 0 Å². The van der Waals surface area contributed by atoms with Gasteiger partial charge in [0.05, 0.1) is 5.56 Å². The van der Waals surface area contributed by atoms with Gasteiger partial charge in [-0.2, -0.15) is 13.2 Å². The summed E-state index contributed by atoms with van der Waals surface area (Å²) < 4.78 is 37.5.